The van der Waals surface area contributed by atoms with E-state index in [9.17, 15) is 18.0 Å². The number of piperidine rings is 1. The topological polar surface area (TPSA) is 107 Å². The van der Waals surface area contributed by atoms with Crippen molar-refractivity contribution in [3.05, 3.63) is 52.8 Å². The van der Waals surface area contributed by atoms with E-state index >= 15 is 0 Å². The molecule has 1 unspecified atom stereocenters. The van der Waals surface area contributed by atoms with Crippen molar-refractivity contribution in [3.8, 4) is 5.75 Å². The molecule has 1 aliphatic rings. The van der Waals surface area contributed by atoms with Crippen LogP contribution in [0.2, 0.25) is 0 Å². The number of amides is 1. The lowest BCUT2D eigenvalue weighted by atomic mass is 10.0. The van der Waals surface area contributed by atoms with E-state index in [1.165, 1.54) is 39.9 Å². The van der Waals surface area contributed by atoms with Gasteiger partial charge in [0, 0.05) is 18.7 Å². The second-order valence-corrected chi connectivity index (χ2v) is 11.8. The largest absolute Gasteiger partial charge is 0.492 e. The molecule has 9 nitrogen and oxygen atoms in total. The van der Waals surface area contributed by atoms with Crippen LogP contribution in [0.3, 0.4) is 0 Å². The Hall–Kier alpha value is -3.02. The van der Waals surface area contributed by atoms with Crippen LogP contribution in [0.15, 0.2) is 52.4 Å². The van der Waals surface area contributed by atoms with E-state index in [1.807, 2.05) is 26.0 Å². The second-order valence-electron chi connectivity index (χ2n) is 8.86. The van der Waals surface area contributed by atoms with Gasteiger partial charge in [-0.3, -0.25) is 9.59 Å². The molecule has 0 N–H and O–H groups in total. The normalized spacial score (nSPS) is 17.2. The average molecular weight is 546 g/mol. The fourth-order valence-corrected chi connectivity index (χ4v) is 7.02. The lowest BCUT2D eigenvalue weighted by Gasteiger charge is -2.30. The Morgan fingerprint density at radius 2 is 1.86 bits per heavy atom. The molecule has 1 atom stereocenters. The first-order valence-corrected chi connectivity index (χ1v) is 14.6. The van der Waals surface area contributed by atoms with Gasteiger partial charge >= 0.3 is 5.97 Å². The highest BCUT2D eigenvalue weighted by Gasteiger charge is 2.28. The molecular weight excluding hydrogens is 514 g/mol. The number of esters is 1. The van der Waals surface area contributed by atoms with Crippen LogP contribution in [-0.2, 0) is 26.1 Å². The molecule has 198 valence electrons. The molecule has 2 heterocycles. The zero-order chi connectivity index (χ0) is 26.6. The lowest BCUT2D eigenvalue weighted by molar-refractivity contribution is -0.143. The van der Waals surface area contributed by atoms with Crippen molar-refractivity contribution >= 4 is 43.5 Å². The average Bonchev–Trinajstić information content (AvgIpc) is 3.21. The number of thiazole rings is 1. The van der Waals surface area contributed by atoms with Crippen molar-refractivity contribution < 1.29 is 27.5 Å². The predicted molar refractivity (Wildman–Crippen MR) is 141 cm³/mol. The van der Waals surface area contributed by atoms with E-state index < -0.39 is 21.9 Å². The molecule has 1 fully saturated rings. The van der Waals surface area contributed by atoms with E-state index in [2.05, 4.69) is 4.99 Å². The van der Waals surface area contributed by atoms with Gasteiger partial charge in [0.15, 0.2) is 4.80 Å². The van der Waals surface area contributed by atoms with Crippen molar-refractivity contribution in [1.29, 1.82) is 0 Å². The molecule has 11 heteroatoms. The quantitative estimate of drug-likeness (QED) is 0.398. The highest BCUT2D eigenvalue weighted by molar-refractivity contribution is 7.89. The van der Waals surface area contributed by atoms with Crippen LogP contribution in [0, 0.1) is 5.92 Å². The first-order valence-electron chi connectivity index (χ1n) is 12.3. The number of nitrogens with zero attached hydrogens (tertiary/aromatic N) is 3. The summed E-state index contributed by atoms with van der Waals surface area (Å²) in [5, 5.41) is 0. The Labute approximate surface area is 220 Å². The standard InChI is InChI=1S/C26H31N3O6S2/c1-4-34-21-9-6-10-22-24(21)29(17-23(30)35-5-2)26(36-22)27-25(31)19-11-13-20(14-12-19)37(32,33)28-15-7-8-18(3)16-28/h6,9-14,18H,4-5,7-8,15-17H2,1-3H3. The fraction of sp³-hybridized carbons (Fsp3) is 0.423. The Bertz CT molecular complexity index is 1460. The predicted octanol–water partition coefficient (Wildman–Crippen LogP) is 3.83. The maximum absolute atomic E-state index is 13.1. The summed E-state index contributed by atoms with van der Waals surface area (Å²) in [7, 11) is -3.63. The van der Waals surface area contributed by atoms with Gasteiger partial charge in [-0.05, 0) is 69.0 Å². The molecule has 1 saturated heterocycles. The maximum atomic E-state index is 13.1. The highest BCUT2D eigenvalue weighted by atomic mass is 32.2. The van der Waals surface area contributed by atoms with Gasteiger partial charge in [-0.25, -0.2) is 8.42 Å². The first-order chi connectivity index (χ1) is 17.7. The summed E-state index contributed by atoms with van der Waals surface area (Å²) in [6, 6.07) is 11.3. The summed E-state index contributed by atoms with van der Waals surface area (Å²) < 4.78 is 40.9. The number of hydrogen-bond acceptors (Lipinski definition) is 7. The van der Waals surface area contributed by atoms with Gasteiger partial charge in [-0.1, -0.05) is 24.3 Å². The number of ether oxygens (including phenoxy) is 2. The molecule has 3 aromatic rings. The molecule has 0 aliphatic carbocycles. The van der Waals surface area contributed by atoms with E-state index in [4.69, 9.17) is 9.47 Å². The summed E-state index contributed by atoms with van der Waals surface area (Å²) in [6.07, 6.45) is 1.85. The van der Waals surface area contributed by atoms with Gasteiger partial charge < -0.3 is 14.0 Å². The number of hydrogen-bond donors (Lipinski definition) is 0. The number of fused-ring (bicyclic) bond motifs is 1. The number of rotatable bonds is 8. The molecule has 0 spiro atoms. The number of carbonyl (C=O) groups excluding carboxylic acids is 2. The number of para-hydroxylation sites is 1. The third kappa shape index (κ3) is 5.94. The molecule has 37 heavy (non-hydrogen) atoms. The van der Waals surface area contributed by atoms with Crippen LogP contribution < -0.4 is 9.54 Å². The summed E-state index contributed by atoms with van der Waals surface area (Å²) in [5.74, 6) is -0.105. The summed E-state index contributed by atoms with van der Waals surface area (Å²) in [6.45, 7) is 7.17. The molecule has 0 saturated carbocycles. The van der Waals surface area contributed by atoms with Crippen molar-refractivity contribution in [1.82, 2.24) is 8.87 Å². The van der Waals surface area contributed by atoms with Gasteiger partial charge in [0.1, 0.15) is 17.8 Å². The van der Waals surface area contributed by atoms with Crippen molar-refractivity contribution in [2.24, 2.45) is 10.9 Å². The second kappa shape index (κ2) is 11.6. The SMILES string of the molecule is CCOC(=O)Cn1c(=NC(=O)c2ccc(S(=O)(=O)N3CCCC(C)C3)cc2)sc2cccc(OCC)c21. The maximum Gasteiger partial charge on any atom is 0.326 e. The molecule has 1 aliphatic heterocycles. The van der Waals surface area contributed by atoms with Crippen molar-refractivity contribution in [3.63, 3.8) is 0 Å². The smallest absolute Gasteiger partial charge is 0.326 e. The van der Waals surface area contributed by atoms with Crippen molar-refractivity contribution in [2.75, 3.05) is 26.3 Å². The Kier molecular flexibility index (Phi) is 8.46. The zero-order valence-corrected chi connectivity index (χ0v) is 22.8. The molecular formula is C26H31N3O6S2. The van der Waals surface area contributed by atoms with Gasteiger partial charge in [0.2, 0.25) is 10.0 Å². The minimum Gasteiger partial charge on any atom is -0.492 e. The number of benzene rings is 2. The Balaban J connectivity index is 1.68. The minimum atomic E-state index is -3.63. The van der Waals surface area contributed by atoms with E-state index in [1.54, 1.807) is 17.6 Å². The first kappa shape index (κ1) is 27.0. The third-order valence-corrected chi connectivity index (χ3v) is 9.04. The Morgan fingerprint density at radius 3 is 2.54 bits per heavy atom. The molecule has 2 aromatic carbocycles. The van der Waals surface area contributed by atoms with Crippen LogP contribution in [0.4, 0.5) is 0 Å². The Morgan fingerprint density at radius 1 is 1.11 bits per heavy atom. The monoisotopic (exact) mass is 545 g/mol. The van der Waals surface area contributed by atoms with E-state index in [-0.39, 0.29) is 23.6 Å². The van der Waals surface area contributed by atoms with Crippen LogP contribution in [0.5, 0.6) is 5.75 Å². The highest BCUT2D eigenvalue weighted by Crippen LogP contribution is 2.28. The molecule has 1 amide bonds. The van der Waals surface area contributed by atoms with Gasteiger partial charge in [-0.2, -0.15) is 9.30 Å². The number of sulfonamides is 1. The molecule has 0 radical (unpaired) electrons. The van der Waals surface area contributed by atoms with Crippen LogP contribution in [-0.4, -0.2) is 55.5 Å². The van der Waals surface area contributed by atoms with E-state index in [0.29, 0.717) is 41.7 Å². The number of aromatic nitrogens is 1. The van der Waals surface area contributed by atoms with Crippen LogP contribution in [0.1, 0.15) is 44.0 Å². The summed E-state index contributed by atoms with van der Waals surface area (Å²) in [4.78, 5) is 30.2. The van der Waals surface area contributed by atoms with Gasteiger partial charge in [0.05, 0.1) is 22.8 Å². The van der Waals surface area contributed by atoms with Gasteiger partial charge in [0.25, 0.3) is 5.91 Å². The zero-order valence-electron chi connectivity index (χ0n) is 21.2. The summed E-state index contributed by atoms with van der Waals surface area (Å²) >= 11 is 1.26. The molecule has 4 rings (SSSR count). The third-order valence-electron chi connectivity index (χ3n) is 6.11. The number of carbonyl (C=O) groups is 2. The lowest BCUT2D eigenvalue weighted by Crippen LogP contribution is -2.39. The van der Waals surface area contributed by atoms with Gasteiger partial charge in [-0.15, -0.1) is 0 Å². The van der Waals surface area contributed by atoms with Crippen LogP contribution in [0.25, 0.3) is 10.2 Å². The molecule has 0 bridgehead atoms. The molecule has 1 aromatic heterocycles. The minimum absolute atomic E-state index is 0.129. The fourth-order valence-electron chi connectivity index (χ4n) is 4.37. The van der Waals surface area contributed by atoms with Crippen LogP contribution >= 0.6 is 11.3 Å². The van der Waals surface area contributed by atoms with E-state index in [0.717, 1.165) is 17.5 Å². The van der Waals surface area contributed by atoms with Crippen molar-refractivity contribution in [2.45, 2.75) is 45.1 Å². The summed E-state index contributed by atoms with van der Waals surface area (Å²) in [5.41, 5.74) is 0.905.